The lowest BCUT2D eigenvalue weighted by molar-refractivity contribution is 0.466. The van der Waals surface area contributed by atoms with Crippen molar-refractivity contribution in [3.05, 3.63) is 53.1 Å². The van der Waals surface area contributed by atoms with Gasteiger partial charge in [0, 0.05) is 17.3 Å². The zero-order valence-electron chi connectivity index (χ0n) is 11.3. The van der Waals surface area contributed by atoms with Crippen LogP contribution in [0.3, 0.4) is 0 Å². The minimum Gasteiger partial charge on any atom is -0.455 e. The molecule has 2 rings (SSSR count). The first kappa shape index (κ1) is 13.5. The molecule has 1 heterocycles. The van der Waals surface area contributed by atoms with Crippen LogP contribution >= 0.6 is 0 Å². The van der Waals surface area contributed by atoms with Crippen LogP contribution in [-0.2, 0) is 0 Å². The summed E-state index contributed by atoms with van der Waals surface area (Å²) in [6.45, 7) is 5.39. The molecule has 0 aliphatic rings. The van der Waals surface area contributed by atoms with Gasteiger partial charge in [0.15, 0.2) is 0 Å². The molecule has 0 spiro atoms. The van der Waals surface area contributed by atoms with Crippen molar-refractivity contribution >= 4 is 0 Å². The Morgan fingerprint density at radius 2 is 2.00 bits per heavy atom. The molecule has 0 saturated heterocycles. The van der Waals surface area contributed by atoms with Crippen molar-refractivity contribution in [2.45, 2.75) is 26.8 Å². The number of aromatic nitrogens is 1. The molecule has 1 aromatic carbocycles. The van der Waals surface area contributed by atoms with Crippen LogP contribution in [0.5, 0.6) is 11.5 Å². The van der Waals surface area contributed by atoms with Crippen molar-refractivity contribution in [3.63, 3.8) is 0 Å². The second-order valence-electron chi connectivity index (χ2n) is 4.67. The van der Waals surface area contributed by atoms with Gasteiger partial charge in [-0.2, -0.15) is 0 Å². The molecular formula is C15H17FN2O. The first-order valence-corrected chi connectivity index (χ1v) is 6.13. The summed E-state index contributed by atoms with van der Waals surface area (Å²) in [4.78, 5) is 4.16. The van der Waals surface area contributed by atoms with Crippen molar-refractivity contribution in [3.8, 4) is 11.5 Å². The third-order valence-electron chi connectivity index (χ3n) is 2.89. The highest BCUT2D eigenvalue weighted by atomic mass is 19.1. The molecule has 0 saturated carbocycles. The van der Waals surface area contributed by atoms with Gasteiger partial charge in [0.05, 0.1) is 6.20 Å². The average molecular weight is 260 g/mol. The number of benzene rings is 1. The summed E-state index contributed by atoms with van der Waals surface area (Å²) in [5, 5.41) is 0. The molecule has 0 radical (unpaired) electrons. The van der Waals surface area contributed by atoms with Crippen LogP contribution in [0.4, 0.5) is 4.39 Å². The highest BCUT2D eigenvalue weighted by Crippen LogP contribution is 2.30. The Kier molecular flexibility index (Phi) is 3.81. The fourth-order valence-corrected chi connectivity index (χ4v) is 1.76. The zero-order valence-corrected chi connectivity index (χ0v) is 11.3. The van der Waals surface area contributed by atoms with Gasteiger partial charge in [-0.3, -0.25) is 4.98 Å². The van der Waals surface area contributed by atoms with Crippen LogP contribution < -0.4 is 10.5 Å². The minimum absolute atomic E-state index is 0.276. The Labute approximate surface area is 112 Å². The standard InChI is InChI=1S/C15H17FN2O/c1-9-6-15(13(11(3)17)7-14(9)16)19-12-5-4-10(2)18-8-12/h4-8,11H,17H2,1-3H3/t11-/m0/s1. The maximum Gasteiger partial charge on any atom is 0.145 e. The lowest BCUT2D eigenvalue weighted by Crippen LogP contribution is -2.08. The first-order valence-electron chi connectivity index (χ1n) is 6.13. The van der Waals surface area contributed by atoms with E-state index in [-0.39, 0.29) is 11.9 Å². The largest absolute Gasteiger partial charge is 0.455 e. The van der Waals surface area contributed by atoms with Crippen LogP contribution in [0.2, 0.25) is 0 Å². The van der Waals surface area contributed by atoms with E-state index in [4.69, 9.17) is 10.5 Å². The van der Waals surface area contributed by atoms with Crippen LogP contribution in [0.1, 0.15) is 29.8 Å². The predicted octanol–water partition coefficient (Wildman–Crippen LogP) is 3.65. The molecule has 2 aromatic rings. The SMILES string of the molecule is Cc1ccc(Oc2cc(C)c(F)cc2[C@H](C)N)cn1. The summed E-state index contributed by atoms with van der Waals surface area (Å²) < 4.78 is 19.3. The summed E-state index contributed by atoms with van der Waals surface area (Å²) in [6, 6.07) is 6.47. The van der Waals surface area contributed by atoms with E-state index in [2.05, 4.69) is 4.98 Å². The molecule has 0 bridgehead atoms. The molecule has 0 amide bonds. The molecule has 1 aromatic heterocycles. The number of nitrogens with two attached hydrogens (primary N) is 1. The van der Waals surface area contributed by atoms with E-state index >= 15 is 0 Å². The van der Waals surface area contributed by atoms with Crippen molar-refractivity contribution in [2.75, 3.05) is 0 Å². The number of pyridine rings is 1. The Hall–Kier alpha value is -1.94. The number of hydrogen-bond donors (Lipinski definition) is 1. The summed E-state index contributed by atoms with van der Waals surface area (Å²) in [7, 11) is 0. The van der Waals surface area contributed by atoms with Crippen molar-refractivity contribution in [1.82, 2.24) is 4.98 Å². The van der Waals surface area contributed by atoms with E-state index in [1.807, 2.05) is 19.1 Å². The van der Waals surface area contributed by atoms with Crippen LogP contribution in [0.25, 0.3) is 0 Å². The summed E-state index contributed by atoms with van der Waals surface area (Å²) >= 11 is 0. The Morgan fingerprint density at radius 1 is 1.26 bits per heavy atom. The normalized spacial score (nSPS) is 12.3. The number of hydrogen-bond acceptors (Lipinski definition) is 3. The zero-order chi connectivity index (χ0) is 14.0. The second-order valence-corrected chi connectivity index (χ2v) is 4.67. The smallest absolute Gasteiger partial charge is 0.145 e. The third kappa shape index (κ3) is 3.09. The molecule has 0 fully saturated rings. The average Bonchev–Trinajstić information content (AvgIpc) is 2.36. The highest BCUT2D eigenvalue weighted by molar-refractivity contribution is 5.42. The number of aryl methyl sites for hydroxylation is 2. The van der Waals surface area contributed by atoms with Gasteiger partial charge >= 0.3 is 0 Å². The van der Waals surface area contributed by atoms with Gasteiger partial charge in [-0.05, 0) is 50.6 Å². The van der Waals surface area contributed by atoms with Gasteiger partial charge in [0.2, 0.25) is 0 Å². The lowest BCUT2D eigenvalue weighted by atomic mass is 10.1. The van der Waals surface area contributed by atoms with Gasteiger partial charge in [-0.1, -0.05) is 0 Å². The highest BCUT2D eigenvalue weighted by Gasteiger charge is 2.13. The lowest BCUT2D eigenvalue weighted by Gasteiger charge is -2.15. The summed E-state index contributed by atoms with van der Waals surface area (Å²) in [5.41, 5.74) is 7.93. The van der Waals surface area contributed by atoms with Crippen LogP contribution in [0, 0.1) is 19.7 Å². The number of ether oxygens (including phenoxy) is 1. The molecule has 3 nitrogen and oxygen atoms in total. The van der Waals surface area contributed by atoms with E-state index in [1.54, 1.807) is 26.1 Å². The molecule has 4 heteroatoms. The summed E-state index contributed by atoms with van der Waals surface area (Å²) in [6.07, 6.45) is 1.64. The number of rotatable bonds is 3. The quantitative estimate of drug-likeness (QED) is 0.916. The van der Waals surface area contributed by atoms with Crippen LogP contribution in [0.15, 0.2) is 30.5 Å². The van der Waals surface area contributed by atoms with Gasteiger partial charge in [-0.25, -0.2) is 4.39 Å². The molecule has 0 aliphatic heterocycles. The molecule has 0 unspecified atom stereocenters. The predicted molar refractivity (Wildman–Crippen MR) is 72.8 cm³/mol. The van der Waals surface area contributed by atoms with Crippen molar-refractivity contribution in [2.24, 2.45) is 5.73 Å². The van der Waals surface area contributed by atoms with E-state index in [0.717, 1.165) is 5.69 Å². The molecule has 19 heavy (non-hydrogen) atoms. The van der Waals surface area contributed by atoms with Crippen LogP contribution in [-0.4, -0.2) is 4.98 Å². The molecule has 0 aliphatic carbocycles. The van der Waals surface area contributed by atoms with Crippen molar-refractivity contribution in [1.29, 1.82) is 0 Å². The minimum atomic E-state index is -0.302. The number of halogens is 1. The monoisotopic (exact) mass is 260 g/mol. The van der Waals surface area contributed by atoms with E-state index in [9.17, 15) is 4.39 Å². The second kappa shape index (κ2) is 5.36. The van der Waals surface area contributed by atoms with Crippen molar-refractivity contribution < 1.29 is 9.13 Å². The van der Waals surface area contributed by atoms with Gasteiger partial charge in [0.1, 0.15) is 17.3 Å². The summed E-state index contributed by atoms with van der Waals surface area (Å²) in [5.74, 6) is 0.903. The van der Waals surface area contributed by atoms with Gasteiger partial charge < -0.3 is 10.5 Å². The molecule has 100 valence electrons. The molecule has 1 atom stereocenters. The maximum atomic E-state index is 13.6. The first-order chi connectivity index (χ1) is 8.97. The Balaban J connectivity index is 2.38. The Bertz CT molecular complexity index is 579. The Morgan fingerprint density at radius 3 is 2.58 bits per heavy atom. The van der Waals surface area contributed by atoms with Gasteiger partial charge in [0.25, 0.3) is 0 Å². The van der Waals surface area contributed by atoms with E-state index in [0.29, 0.717) is 22.6 Å². The maximum absolute atomic E-state index is 13.6. The van der Waals surface area contributed by atoms with E-state index < -0.39 is 0 Å². The van der Waals surface area contributed by atoms with E-state index in [1.165, 1.54) is 6.07 Å². The molecule has 2 N–H and O–H groups in total. The topological polar surface area (TPSA) is 48.1 Å². The molecular weight excluding hydrogens is 243 g/mol. The van der Waals surface area contributed by atoms with Gasteiger partial charge in [-0.15, -0.1) is 0 Å². The fraction of sp³-hybridized carbons (Fsp3) is 0.267. The number of nitrogens with zero attached hydrogens (tertiary/aromatic N) is 1. The third-order valence-corrected chi connectivity index (χ3v) is 2.89. The fourth-order valence-electron chi connectivity index (χ4n) is 1.76.